The SMILES string of the molecule is CC(C)n1ccc2cc(N)ccc21.CC(C)n1ccc2cc([N+](=O)[O-])ccc21.[O]=[Pt]=[O]. The first-order valence-corrected chi connectivity index (χ1v) is 11.5. The Labute approximate surface area is 188 Å². The van der Waals surface area contributed by atoms with Crippen LogP contribution < -0.4 is 5.73 Å². The molecule has 0 amide bonds. The third kappa shape index (κ3) is 6.01. The maximum absolute atomic E-state index is 10.6. The first-order chi connectivity index (χ1) is 14.7. The second kappa shape index (κ2) is 10.9. The van der Waals surface area contributed by atoms with Crippen LogP contribution in [0.25, 0.3) is 21.8 Å². The van der Waals surface area contributed by atoms with Crippen LogP contribution in [-0.2, 0) is 25.3 Å². The molecule has 0 saturated heterocycles. The van der Waals surface area contributed by atoms with Gasteiger partial charge in [0, 0.05) is 64.1 Å². The molecule has 2 aromatic heterocycles. The number of rotatable bonds is 3. The normalized spacial score (nSPS) is 10.8. The number of nitrogens with two attached hydrogens (primary N) is 1. The van der Waals surface area contributed by atoms with Crippen molar-refractivity contribution in [3.63, 3.8) is 0 Å². The van der Waals surface area contributed by atoms with Crippen molar-refractivity contribution in [1.29, 1.82) is 0 Å². The molecule has 4 rings (SSSR count). The molecule has 0 bridgehead atoms. The van der Waals surface area contributed by atoms with E-state index in [1.165, 1.54) is 10.9 Å². The number of non-ortho nitro benzene ring substituents is 1. The van der Waals surface area contributed by atoms with Gasteiger partial charge in [0.1, 0.15) is 0 Å². The standard InChI is InChI=1S/C11H12N2O2.C11H14N2.2O.Pt/c1-8(2)12-6-5-9-7-10(13(14)15)3-4-11(9)12;1-8(2)13-6-5-9-7-10(12)3-4-11(9)13;;;/h3-8H,1-2H3;3-8H,12H2,1-2H3;;;. The number of fused-ring (bicyclic) bond motifs is 2. The third-order valence-electron chi connectivity index (χ3n) is 4.77. The molecule has 2 N–H and O–H groups in total. The van der Waals surface area contributed by atoms with Gasteiger partial charge in [0.15, 0.2) is 0 Å². The first kappa shape index (κ1) is 24.3. The summed E-state index contributed by atoms with van der Waals surface area (Å²) in [4.78, 5) is 10.2. The summed E-state index contributed by atoms with van der Waals surface area (Å²) in [5.41, 5.74) is 8.96. The maximum atomic E-state index is 10.6. The Balaban J connectivity index is 0.000000197. The second-order valence-corrected chi connectivity index (χ2v) is 7.88. The summed E-state index contributed by atoms with van der Waals surface area (Å²) < 4.78 is 21.3. The monoisotopic (exact) mass is 605 g/mol. The molecule has 0 atom stereocenters. The predicted molar refractivity (Wildman–Crippen MR) is 117 cm³/mol. The average Bonchev–Trinajstić information content (AvgIpc) is 3.32. The van der Waals surface area contributed by atoms with Gasteiger partial charge >= 0.3 is 25.3 Å². The van der Waals surface area contributed by atoms with Gasteiger partial charge in [-0.05, 0) is 64.1 Å². The molecule has 2 heterocycles. The van der Waals surface area contributed by atoms with Crippen LogP contribution in [-0.4, -0.2) is 14.1 Å². The fraction of sp³-hybridized carbons (Fsp3) is 0.273. The van der Waals surface area contributed by atoms with E-state index in [4.69, 9.17) is 12.5 Å². The zero-order chi connectivity index (χ0) is 23.1. The van der Waals surface area contributed by atoms with E-state index in [2.05, 4.69) is 55.2 Å². The number of aromatic nitrogens is 2. The Morgan fingerprint density at radius 3 is 1.74 bits per heavy atom. The summed E-state index contributed by atoms with van der Waals surface area (Å²) in [7, 11) is 0. The molecule has 9 heteroatoms. The average molecular weight is 606 g/mol. The minimum atomic E-state index is -1.92. The number of anilines is 1. The summed E-state index contributed by atoms with van der Waals surface area (Å²) in [5.74, 6) is 0. The van der Waals surface area contributed by atoms with Gasteiger partial charge in [-0.3, -0.25) is 10.1 Å². The molecule has 0 spiro atoms. The zero-order valence-electron chi connectivity index (χ0n) is 17.8. The summed E-state index contributed by atoms with van der Waals surface area (Å²) in [6.45, 7) is 8.52. The predicted octanol–water partition coefficient (Wildman–Crippen LogP) is 5.69. The van der Waals surface area contributed by atoms with Gasteiger partial charge in [-0.1, -0.05) is 0 Å². The molecule has 168 valence electrons. The van der Waals surface area contributed by atoms with Crippen molar-refractivity contribution in [3.8, 4) is 0 Å². The van der Waals surface area contributed by atoms with Crippen LogP contribution in [0.15, 0.2) is 60.9 Å². The molecular formula is C22H26N4O4Pt. The van der Waals surface area contributed by atoms with Crippen LogP contribution in [0.3, 0.4) is 0 Å². The number of hydrogen-bond acceptors (Lipinski definition) is 5. The first-order valence-electron chi connectivity index (χ1n) is 9.65. The Bertz CT molecular complexity index is 1220. The van der Waals surface area contributed by atoms with Crippen molar-refractivity contribution < 1.29 is 30.2 Å². The van der Waals surface area contributed by atoms with Gasteiger partial charge in [-0.2, -0.15) is 0 Å². The van der Waals surface area contributed by atoms with Crippen molar-refractivity contribution >= 4 is 33.2 Å². The van der Waals surface area contributed by atoms with Crippen molar-refractivity contribution in [2.75, 3.05) is 5.73 Å². The Kier molecular flexibility index (Phi) is 8.51. The van der Waals surface area contributed by atoms with E-state index in [1.807, 2.05) is 24.4 Å². The van der Waals surface area contributed by atoms with E-state index in [0.717, 1.165) is 16.6 Å². The van der Waals surface area contributed by atoms with E-state index in [-0.39, 0.29) is 10.6 Å². The molecule has 31 heavy (non-hydrogen) atoms. The number of nitro benzene ring substituents is 1. The number of nitrogens with zero attached hydrogens (tertiary/aromatic N) is 3. The number of hydrogen-bond donors (Lipinski definition) is 1. The van der Waals surface area contributed by atoms with E-state index in [0.29, 0.717) is 12.1 Å². The van der Waals surface area contributed by atoms with Gasteiger partial charge < -0.3 is 14.9 Å². The molecule has 0 radical (unpaired) electrons. The van der Waals surface area contributed by atoms with Crippen molar-refractivity contribution in [2.24, 2.45) is 0 Å². The molecule has 0 aliphatic rings. The number of nitro groups is 1. The topological polar surface area (TPSA) is 113 Å². The van der Waals surface area contributed by atoms with Crippen LogP contribution in [0, 0.1) is 10.1 Å². The quantitative estimate of drug-likeness (QED) is 0.183. The Morgan fingerprint density at radius 1 is 0.839 bits per heavy atom. The molecular weight excluding hydrogens is 579 g/mol. The van der Waals surface area contributed by atoms with Crippen LogP contribution in [0.4, 0.5) is 11.4 Å². The second-order valence-electron chi connectivity index (χ2n) is 7.50. The van der Waals surface area contributed by atoms with Gasteiger partial charge in [0.05, 0.1) is 4.92 Å². The molecule has 0 fully saturated rings. The molecule has 8 nitrogen and oxygen atoms in total. The van der Waals surface area contributed by atoms with E-state index >= 15 is 0 Å². The number of nitrogen functional groups attached to an aromatic ring is 1. The van der Waals surface area contributed by atoms with E-state index in [1.54, 1.807) is 18.2 Å². The molecule has 2 aromatic carbocycles. The zero-order valence-corrected chi connectivity index (χ0v) is 20.1. The summed E-state index contributed by atoms with van der Waals surface area (Å²) in [5, 5.41) is 12.7. The summed E-state index contributed by atoms with van der Waals surface area (Å²) >= 11 is -1.92. The Hall–Kier alpha value is -2.99. The molecule has 0 aliphatic heterocycles. The van der Waals surface area contributed by atoms with Gasteiger partial charge in [0.25, 0.3) is 5.69 Å². The Morgan fingerprint density at radius 2 is 1.29 bits per heavy atom. The van der Waals surface area contributed by atoms with Crippen LogP contribution in [0.2, 0.25) is 0 Å². The summed E-state index contributed by atoms with van der Waals surface area (Å²) in [6, 6.07) is 15.8. The van der Waals surface area contributed by atoms with E-state index in [9.17, 15) is 10.1 Å². The fourth-order valence-corrected chi connectivity index (χ4v) is 3.35. The molecule has 0 saturated carbocycles. The van der Waals surface area contributed by atoms with E-state index < -0.39 is 18.5 Å². The van der Waals surface area contributed by atoms with Gasteiger partial charge in [-0.15, -0.1) is 0 Å². The minimum absolute atomic E-state index is 0.143. The van der Waals surface area contributed by atoms with Gasteiger partial charge in [-0.25, -0.2) is 0 Å². The van der Waals surface area contributed by atoms with Crippen LogP contribution >= 0.6 is 0 Å². The molecule has 0 unspecified atom stereocenters. The number of benzene rings is 2. The van der Waals surface area contributed by atoms with Crippen molar-refractivity contribution in [2.45, 2.75) is 39.8 Å². The van der Waals surface area contributed by atoms with Crippen molar-refractivity contribution in [3.05, 3.63) is 71.0 Å². The summed E-state index contributed by atoms with van der Waals surface area (Å²) in [6.07, 6.45) is 4.06. The molecule has 0 aliphatic carbocycles. The molecule has 4 aromatic rings. The van der Waals surface area contributed by atoms with Crippen LogP contribution in [0.5, 0.6) is 0 Å². The third-order valence-corrected chi connectivity index (χ3v) is 4.77. The van der Waals surface area contributed by atoms with Crippen LogP contribution in [0.1, 0.15) is 39.8 Å². The van der Waals surface area contributed by atoms with Crippen molar-refractivity contribution in [1.82, 2.24) is 9.13 Å². The van der Waals surface area contributed by atoms with Gasteiger partial charge in [0.2, 0.25) is 0 Å². The fourth-order valence-electron chi connectivity index (χ4n) is 3.35.